The van der Waals surface area contributed by atoms with E-state index >= 15 is 0 Å². The van der Waals surface area contributed by atoms with Crippen LogP contribution in [0, 0.1) is 5.82 Å². The summed E-state index contributed by atoms with van der Waals surface area (Å²) in [5, 5.41) is 0. The number of esters is 1. The van der Waals surface area contributed by atoms with E-state index in [0.717, 1.165) is 0 Å². The second kappa shape index (κ2) is 4.17. The number of hydrogen-bond donors (Lipinski definition) is 0. The zero-order chi connectivity index (χ0) is 13.5. The molecule has 1 aliphatic heterocycles. The van der Waals surface area contributed by atoms with E-state index in [1.54, 1.807) is 36.4 Å². The van der Waals surface area contributed by atoms with Crippen LogP contribution in [0.3, 0.4) is 0 Å². The van der Waals surface area contributed by atoms with Crippen molar-refractivity contribution in [3.8, 4) is 0 Å². The van der Waals surface area contributed by atoms with Crippen LogP contribution in [-0.4, -0.2) is 13.1 Å². The van der Waals surface area contributed by atoms with Crippen molar-refractivity contribution in [1.29, 1.82) is 0 Å². The SMILES string of the molecule is COC1(c2ccc(F)cc2)OC(=O)c2ccccc21. The highest BCUT2D eigenvalue weighted by atomic mass is 19.1. The highest BCUT2D eigenvalue weighted by Gasteiger charge is 2.47. The molecule has 2 aromatic carbocycles. The zero-order valence-corrected chi connectivity index (χ0v) is 10.2. The molecule has 0 aromatic heterocycles. The van der Waals surface area contributed by atoms with Gasteiger partial charge in [0, 0.05) is 18.2 Å². The lowest BCUT2D eigenvalue weighted by Gasteiger charge is -2.27. The molecule has 3 nitrogen and oxygen atoms in total. The van der Waals surface area contributed by atoms with Gasteiger partial charge in [-0.1, -0.05) is 18.2 Å². The fourth-order valence-corrected chi connectivity index (χ4v) is 2.34. The van der Waals surface area contributed by atoms with E-state index in [4.69, 9.17) is 9.47 Å². The van der Waals surface area contributed by atoms with Crippen LogP contribution < -0.4 is 0 Å². The lowest BCUT2D eigenvalue weighted by Crippen LogP contribution is -2.30. The third kappa shape index (κ3) is 1.64. The van der Waals surface area contributed by atoms with Crippen LogP contribution in [0.15, 0.2) is 48.5 Å². The summed E-state index contributed by atoms with van der Waals surface area (Å²) in [4.78, 5) is 11.9. The first-order chi connectivity index (χ1) is 9.17. The van der Waals surface area contributed by atoms with E-state index in [1.165, 1.54) is 19.2 Å². The normalized spacial score (nSPS) is 21.1. The number of carbonyl (C=O) groups excluding carboxylic acids is 1. The van der Waals surface area contributed by atoms with Gasteiger partial charge in [0.2, 0.25) is 0 Å². The molecule has 0 aliphatic carbocycles. The number of methoxy groups -OCH3 is 1. The van der Waals surface area contributed by atoms with Crippen molar-refractivity contribution in [2.24, 2.45) is 0 Å². The molecule has 0 fully saturated rings. The highest BCUT2D eigenvalue weighted by molar-refractivity contribution is 5.95. The molecule has 1 atom stereocenters. The van der Waals surface area contributed by atoms with Crippen LogP contribution in [-0.2, 0) is 15.3 Å². The quantitative estimate of drug-likeness (QED) is 0.777. The van der Waals surface area contributed by atoms with E-state index in [-0.39, 0.29) is 5.82 Å². The van der Waals surface area contributed by atoms with E-state index in [0.29, 0.717) is 16.7 Å². The number of ether oxygens (including phenoxy) is 2. The Morgan fingerprint density at radius 2 is 1.79 bits per heavy atom. The standard InChI is InChI=1S/C15H11FO3/c1-18-15(10-6-8-11(16)9-7-10)13-5-3-2-4-12(13)14(17)19-15/h2-9H,1H3. The Balaban J connectivity index is 2.21. The van der Waals surface area contributed by atoms with Crippen LogP contribution in [0.25, 0.3) is 0 Å². The van der Waals surface area contributed by atoms with Crippen molar-refractivity contribution in [3.63, 3.8) is 0 Å². The van der Waals surface area contributed by atoms with Crippen LogP contribution in [0.4, 0.5) is 4.39 Å². The molecule has 1 heterocycles. The molecule has 3 rings (SSSR count). The lowest BCUT2D eigenvalue weighted by molar-refractivity contribution is -0.154. The van der Waals surface area contributed by atoms with Crippen LogP contribution in [0.2, 0.25) is 0 Å². The van der Waals surface area contributed by atoms with Gasteiger partial charge in [-0.2, -0.15) is 0 Å². The Morgan fingerprint density at radius 1 is 1.11 bits per heavy atom. The smallest absolute Gasteiger partial charge is 0.341 e. The minimum atomic E-state index is -1.29. The second-order valence-electron chi connectivity index (χ2n) is 4.26. The Hall–Kier alpha value is -2.20. The number of carbonyl (C=O) groups is 1. The van der Waals surface area contributed by atoms with E-state index in [1.807, 2.05) is 0 Å². The second-order valence-corrected chi connectivity index (χ2v) is 4.26. The average molecular weight is 258 g/mol. The number of fused-ring (bicyclic) bond motifs is 1. The van der Waals surface area contributed by atoms with Crippen molar-refractivity contribution in [1.82, 2.24) is 0 Å². The highest BCUT2D eigenvalue weighted by Crippen LogP contribution is 2.42. The molecule has 4 heteroatoms. The maximum Gasteiger partial charge on any atom is 0.341 e. The zero-order valence-electron chi connectivity index (χ0n) is 10.2. The number of benzene rings is 2. The molecule has 2 aromatic rings. The fraction of sp³-hybridized carbons (Fsp3) is 0.133. The van der Waals surface area contributed by atoms with Gasteiger partial charge in [-0.05, 0) is 30.3 Å². The maximum atomic E-state index is 13.0. The molecule has 0 bridgehead atoms. The molecule has 0 amide bonds. The molecule has 96 valence electrons. The summed E-state index contributed by atoms with van der Waals surface area (Å²) in [6, 6.07) is 12.7. The van der Waals surface area contributed by atoms with Gasteiger partial charge in [0.1, 0.15) is 5.82 Å². The summed E-state index contributed by atoms with van der Waals surface area (Å²) in [7, 11) is 1.46. The minimum Gasteiger partial charge on any atom is -0.420 e. The number of hydrogen-bond acceptors (Lipinski definition) is 3. The summed E-state index contributed by atoms with van der Waals surface area (Å²) in [5.74, 6) is -2.09. The third-order valence-corrected chi connectivity index (χ3v) is 3.25. The number of cyclic esters (lactones) is 1. The molecule has 19 heavy (non-hydrogen) atoms. The molecular formula is C15H11FO3. The lowest BCUT2D eigenvalue weighted by atomic mass is 9.95. The Bertz CT molecular complexity index is 636. The van der Waals surface area contributed by atoms with Gasteiger partial charge >= 0.3 is 5.97 Å². The van der Waals surface area contributed by atoms with Gasteiger partial charge in [0.25, 0.3) is 5.79 Å². The fourth-order valence-electron chi connectivity index (χ4n) is 2.34. The summed E-state index contributed by atoms with van der Waals surface area (Å²) >= 11 is 0. The Morgan fingerprint density at radius 3 is 2.47 bits per heavy atom. The van der Waals surface area contributed by atoms with Crippen molar-refractivity contribution in [2.75, 3.05) is 7.11 Å². The predicted molar refractivity (Wildman–Crippen MR) is 66.0 cm³/mol. The predicted octanol–water partition coefficient (Wildman–Crippen LogP) is 2.84. The largest absolute Gasteiger partial charge is 0.420 e. The van der Waals surface area contributed by atoms with E-state index in [9.17, 15) is 9.18 Å². The molecule has 0 spiro atoms. The maximum absolute atomic E-state index is 13.0. The summed E-state index contributed by atoms with van der Waals surface area (Å²) in [5.41, 5.74) is 1.68. The van der Waals surface area contributed by atoms with Gasteiger partial charge in [0.15, 0.2) is 0 Å². The molecule has 1 aliphatic rings. The van der Waals surface area contributed by atoms with Crippen LogP contribution in [0.5, 0.6) is 0 Å². The topological polar surface area (TPSA) is 35.5 Å². The minimum absolute atomic E-state index is 0.354. The average Bonchev–Trinajstić information content (AvgIpc) is 2.74. The number of halogens is 1. The molecule has 0 saturated heterocycles. The molecule has 0 radical (unpaired) electrons. The van der Waals surface area contributed by atoms with Crippen molar-refractivity contribution >= 4 is 5.97 Å². The first-order valence-electron chi connectivity index (χ1n) is 5.81. The van der Waals surface area contributed by atoms with Gasteiger partial charge in [-0.15, -0.1) is 0 Å². The van der Waals surface area contributed by atoms with Gasteiger partial charge in [-0.25, -0.2) is 9.18 Å². The number of rotatable bonds is 2. The van der Waals surface area contributed by atoms with E-state index < -0.39 is 11.8 Å². The van der Waals surface area contributed by atoms with Crippen LogP contribution in [0.1, 0.15) is 21.5 Å². The van der Waals surface area contributed by atoms with Crippen molar-refractivity contribution in [2.45, 2.75) is 5.79 Å². The summed E-state index contributed by atoms with van der Waals surface area (Å²) < 4.78 is 23.9. The monoisotopic (exact) mass is 258 g/mol. The van der Waals surface area contributed by atoms with E-state index in [2.05, 4.69) is 0 Å². The van der Waals surface area contributed by atoms with Crippen molar-refractivity contribution in [3.05, 3.63) is 71.0 Å². The molecule has 1 unspecified atom stereocenters. The van der Waals surface area contributed by atoms with Crippen molar-refractivity contribution < 1.29 is 18.7 Å². The van der Waals surface area contributed by atoms with Crippen LogP contribution >= 0.6 is 0 Å². The van der Waals surface area contributed by atoms with Gasteiger partial charge < -0.3 is 9.47 Å². The molecule has 0 N–H and O–H groups in total. The summed E-state index contributed by atoms with van der Waals surface area (Å²) in [6.07, 6.45) is 0. The molecule has 0 saturated carbocycles. The molecular weight excluding hydrogens is 247 g/mol. The third-order valence-electron chi connectivity index (χ3n) is 3.25. The first kappa shape index (κ1) is 11.9. The first-order valence-corrected chi connectivity index (χ1v) is 5.81. The van der Waals surface area contributed by atoms with Gasteiger partial charge in [0.05, 0.1) is 5.56 Å². The van der Waals surface area contributed by atoms with Gasteiger partial charge in [-0.3, -0.25) is 0 Å². The Kier molecular flexibility index (Phi) is 2.61. The summed E-state index contributed by atoms with van der Waals surface area (Å²) in [6.45, 7) is 0. The Labute approximate surface area is 109 Å².